The first-order chi connectivity index (χ1) is 8.20. The largest absolute Gasteiger partial charge is 0.448 e. The van der Waals surface area contributed by atoms with Crippen molar-refractivity contribution in [1.82, 2.24) is 5.32 Å². The summed E-state index contributed by atoms with van der Waals surface area (Å²) < 4.78 is 5.49. The summed E-state index contributed by atoms with van der Waals surface area (Å²) in [6.07, 6.45) is 0. The zero-order valence-electron chi connectivity index (χ0n) is 10.0. The van der Waals surface area contributed by atoms with E-state index in [0.29, 0.717) is 5.22 Å². The van der Waals surface area contributed by atoms with E-state index in [-0.39, 0.29) is 6.04 Å². The first-order valence-corrected chi connectivity index (χ1v) is 6.13. The summed E-state index contributed by atoms with van der Waals surface area (Å²) in [5.41, 5.74) is 2.44. The van der Waals surface area contributed by atoms with Crippen molar-refractivity contribution in [3.05, 3.63) is 58.5 Å². The SMILES string of the molecule is CCNC(c1ccc(C)cc1)c1ccc(Cl)o1. The summed E-state index contributed by atoms with van der Waals surface area (Å²) in [6, 6.07) is 12.2. The molecular weight excluding hydrogens is 234 g/mol. The van der Waals surface area contributed by atoms with E-state index in [4.69, 9.17) is 16.0 Å². The fourth-order valence-corrected chi connectivity index (χ4v) is 1.98. The van der Waals surface area contributed by atoms with Crippen LogP contribution in [0.15, 0.2) is 40.8 Å². The Morgan fingerprint density at radius 2 is 1.88 bits per heavy atom. The molecule has 1 atom stereocenters. The molecule has 90 valence electrons. The maximum absolute atomic E-state index is 5.82. The van der Waals surface area contributed by atoms with Crippen LogP contribution in [0.2, 0.25) is 5.22 Å². The number of hydrogen-bond donors (Lipinski definition) is 1. The first kappa shape index (κ1) is 12.2. The molecule has 0 radical (unpaired) electrons. The third-order valence-electron chi connectivity index (χ3n) is 2.70. The van der Waals surface area contributed by atoms with Gasteiger partial charge in [0, 0.05) is 0 Å². The molecule has 2 aromatic rings. The van der Waals surface area contributed by atoms with E-state index in [1.807, 2.05) is 6.07 Å². The quantitative estimate of drug-likeness (QED) is 0.888. The van der Waals surface area contributed by atoms with Crippen molar-refractivity contribution < 1.29 is 4.42 Å². The van der Waals surface area contributed by atoms with Crippen molar-refractivity contribution in [1.29, 1.82) is 0 Å². The van der Waals surface area contributed by atoms with Crippen LogP contribution in [0, 0.1) is 6.92 Å². The number of nitrogens with one attached hydrogen (secondary N) is 1. The number of aryl methyl sites for hydroxylation is 1. The van der Waals surface area contributed by atoms with Gasteiger partial charge in [-0.1, -0.05) is 36.8 Å². The van der Waals surface area contributed by atoms with E-state index >= 15 is 0 Å². The van der Waals surface area contributed by atoms with Gasteiger partial charge in [-0.05, 0) is 42.8 Å². The second-order valence-electron chi connectivity index (χ2n) is 4.04. The minimum atomic E-state index is 0.0631. The van der Waals surface area contributed by atoms with Crippen LogP contribution in [0.5, 0.6) is 0 Å². The molecule has 1 aromatic heterocycles. The maximum Gasteiger partial charge on any atom is 0.193 e. The molecule has 0 saturated carbocycles. The minimum Gasteiger partial charge on any atom is -0.448 e. The van der Waals surface area contributed by atoms with Gasteiger partial charge in [0.15, 0.2) is 5.22 Å². The van der Waals surface area contributed by atoms with Crippen molar-refractivity contribution in [2.45, 2.75) is 19.9 Å². The van der Waals surface area contributed by atoms with E-state index in [0.717, 1.165) is 12.3 Å². The highest BCUT2D eigenvalue weighted by molar-refractivity contribution is 6.28. The summed E-state index contributed by atoms with van der Waals surface area (Å²) in [7, 11) is 0. The molecule has 3 heteroatoms. The van der Waals surface area contributed by atoms with Crippen molar-refractivity contribution in [3.63, 3.8) is 0 Å². The third-order valence-corrected chi connectivity index (χ3v) is 2.90. The van der Waals surface area contributed by atoms with Gasteiger partial charge in [-0.2, -0.15) is 0 Å². The Balaban J connectivity index is 2.31. The van der Waals surface area contributed by atoms with Crippen LogP contribution in [-0.2, 0) is 0 Å². The molecule has 17 heavy (non-hydrogen) atoms. The van der Waals surface area contributed by atoms with Gasteiger partial charge in [0.25, 0.3) is 0 Å². The zero-order valence-corrected chi connectivity index (χ0v) is 10.8. The van der Waals surface area contributed by atoms with Gasteiger partial charge in [0.05, 0.1) is 6.04 Å². The lowest BCUT2D eigenvalue weighted by atomic mass is 10.0. The molecule has 0 aliphatic carbocycles. The predicted molar refractivity (Wildman–Crippen MR) is 70.4 cm³/mol. The Hall–Kier alpha value is -1.25. The van der Waals surface area contributed by atoms with Crippen molar-refractivity contribution in [2.24, 2.45) is 0 Å². The number of rotatable bonds is 4. The molecule has 0 spiro atoms. The monoisotopic (exact) mass is 249 g/mol. The van der Waals surface area contributed by atoms with Crippen molar-refractivity contribution >= 4 is 11.6 Å². The molecule has 1 heterocycles. The smallest absolute Gasteiger partial charge is 0.193 e. The molecule has 1 N–H and O–H groups in total. The van der Waals surface area contributed by atoms with Gasteiger partial charge in [0.2, 0.25) is 0 Å². The van der Waals surface area contributed by atoms with E-state index in [1.165, 1.54) is 11.1 Å². The van der Waals surface area contributed by atoms with Crippen molar-refractivity contribution in [3.8, 4) is 0 Å². The summed E-state index contributed by atoms with van der Waals surface area (Å²) in [5.74, 6) is 0.848. The number of hydrogen-bond acceptors (Lipinski definition) is 2. The lowest BCUT2D eigenvalue weighted by Gasteiger charge is -2.16. The normalized spacial score (nSPS) is 12.6. The lowest BCUT2D eigenvalue weighted by Crippen LogP contribution is -2.21. The molecule has 2 rings (SSSR count). The van der Waals surface area contributed by atoms with Crippen LogP contribution in [0.3, 0.4) is 0 Å². The van der Waals surface area contributed by atoms with Crippen LogP contribution >= 0.6 is 11.6 Å². The molecule has 1 unspecified atom stereocenters. The molecule has 0 aliphatic heterocycles. The molecule has 2 nitrogen and oxygen atoms in total. The first-order valence-electron chi connectivity index (χ1n) is 5.76. The summed E-state index contributed by atoms with van der Waals surface area (Å²) in [4.78, 5) is 0. The van der Waals surface area contributed by atoms with Crippen LogP contribution in [0.25, 0.3) is 0 Å². The molecule has 0 saturated heterocycles. The highest BCUT2D eigenvalue weighted by atomic mass is 35.5. The topological polar surface area (TPSA) is 25.2 Å². The van der Waals surface area contributed by atoms with E-state index in [9.17, 15) is 0 Å². The Morgan fingerprint density at radius 1 is 1.18 bits per heavy atom. The molecular formula is C14H16ClNO. The molecule has 1 aromatic carbocycles. The Bertz CT molecular complexity index is 475. The maximum atomic E-state index is 5.82. The number of furan rings is 1. The van der Waals surface area contributed by atoms with Gasteiger partial charge >= 0.3 is 0 Å². The highest BCUT2D eigenvalue weighted by Gasteiger charge is 2.16. The molecule has 0 aliphatic rings. The summed E-state index contributed by atoms with van der Waals surface area (Å²) in [6.45, 7) is 5.03. The highest BCUT2D eigenvalue weighted by Crippen LogP contribution is 2.26. The lowest BCUT2D eigenvalue weighted by molar-refractivity contribution is 0.453. The second kappa shape index (κ2) is 5.39. The number of benzene rings is 1. The van der Waals surface area contributed by atoms with Crippen molar-refractivity contribution in [2.75, 3.05) is 6.54 Å². The number of halogens is 1. The van der Waals surface area contributed by atoms with Gasteiger partial charge in [0.1, 0.15) is 5.76 Å². The van der Waals surface area contributed by atoms with Crippen LogP contribution in [0.4, 0.5) is 0 Å². The zero-order chi connectivity index (χ0) is 12.3. The average Bonchev–Trinajstić information content (AvgIpc) is 2.74. The van der Waals surface area contributed by atoms with Gasteiger partial charge in [-0.15, -0.1) is 0 Å². The van der Waals surface area contributed by atoms with Crippen LogP contribution < -0.4 is 5.32 Å². The average molecular weight is 250 g/mol. The van der Waals surface area contributed by atoms with Gasteiger partial charge in [-0.25, -0.2) is 0 Å². The fourth-order valence-electron chi connectivity index (χ4n) is 1.83. The molecule has 0 bridgehead atoms. The Morgan fingerprint density at radius 3 is 2.41 bits per heavy atom. The third kappa shape index (κ3) is 2.90. The van der Waals surface area contributed by atoms with Crippen LogP contribution in [-0.4, -0.2) is 6.54 Å². The fraction of sp³-hybridized carbons (Fsp3) is 0.286. The van der Waals surface area contributed by atoms with Gasteiger partial charge in [-0.3, -0.25) is 0 Å². The van der Waals surface area contributed by atoms with E-state index in [2.05, 4.69) is 43.4 Å². The second-order valence-corrected chi connectivity index (χ2v) is 4.42. The van der Waals surface area contributed by atoms with E-state index in [1.54, 1.807) is 6.07 Å². The summed E-state index contributed by atoms with van der Waals surface area (Å²) >= 11 is 5.82. The molecule has 0 amide bonds. The Kier molecular flexibility index (Phi) is 3.87. The standard InChI is InChI=1S/C14H16ClNO/c1-3-16-14(12-8-9-13(15)17-12)11-6-4-10(2)5-7-11/h4-9,14,16H,3H2,1-2H3. The minimum absolute atomic E-state index is 0.0631. The predicted octanol–water partition coefficient (Wildman–Crippen LogP) is 3.94. The van der Waals surface area contributed by atoms with Crippen LogP contribution in [0.1, 0.15) is 29.9 Å². The van der Waals surface area contributed by atoms with Gasteiger partial charge < -0.3 is 9.73 Å². The summed E-state index contributed by atoms with van der Waals surface area (Å²) in [5, 5.41) is 3.82. The molecule has 0 fully saturated rings. The Labute approximate surface area is 107 Å². The van der Waals surface area contributed by atoms with E-state index < -0.39 is 0 Å².